The van der Waals surface area contributed by atoms with E-state index in [1.807, 2.05) is 0 Å². The van der Waals surface area contributed by atoms with Crippen LogP contribution in [0.1, 0.15) is 36.4 Å². The Labute approximate surface area is 103 Å². The van der Waals surface area contributed by atoms with Crippen molar-refractivity contribution in [3.8, 4) is 5.69 Å². The van der Waals surface area contributed by atoms with Crippen LogP contribution in [0.15, 0.2) is 24.3 Å². The fourth-order valence-corrected chi connectivity index (χ4v) is 2.06. The van der Waals surface area contributed by atoms with Gasteiger partial charge in [-0.15, -0.1) is 0 Å². The van der Waals surface area contributed by atoms with Crippen LogP contribution in [0.25, 0.3) is 5.69 Å². The maximum Gasteiger partial charge on any atom is 0.0680 e. The molecule has 0 radical (unpaired) electrons. The maximum atomic E-state index is 4.69. The molecule has 0 N–H and O–H groups in total. The van der Waals surface area contributed by atoms with Crippen molar-refractivity contribution < 1.29 is 0 Å². The van der Waals surface area contributed by atoms with Gasteiger partial charge in [0.15, 0.2) is 0 Å². The molecule has 0 fully saturated rings. The van der Waals surface area contributed by atoms with Gasteiger partial charge in [-0.25, -0.2) is 4.68 Å². The highest BCUT2D eigenvalue weighted by molar-refractivity contribution is 5.43. The van der Waals surface area contributed by atoms with Gasteiger partial charge in [-0.2, -0.15) is 5.10 Å². The minimum Gasteiger partial charge on any atom is -0.237 e. The zero-order valence-electron chi connectivity index (χ0n) is 11.1. The van der Waals surface area contributed by atoms with Gasteiger partial charge in [-0.05, 0) is 49.9 Å². The van der Waals surface area contributed by atoms with Gasteiger partial charge in [0.25, 0.3) is 0 Å². The first-order valence-electron chi connectivity index (χ1n) is 6.31. The molecular weight excluding hydrogens is 208 g/mol. The van der Waals surface area contributed by atoms with Crippen LogP contribution in [0.5, 0.6) is 0 Å². The first-order chi connectivity index (χ1) is 8.15. The van der Waals surface area contributed by atoms with E-state index in [-0.39, 0.29) is 0 Å². The Morgan fingerprint density at radius 1 is 1.06 bits per heavy atom. The summed E-state index contributed by atoms with van der Waals surface area (Å²) in [4.78, 5) is 0. The summed E-state index contributed by atoms with van der Waals surface area (Å²) in [6.45, 7) is 8.59. The molecule has 90 valence electrons. The molecule has 0 saturated heterocycles. The Kier molecular flexibility index (Phi) is 3.32. The second kappa shape index (κ2) is 4.74. The van der Waals surface area contributed by atoms with Crippen molar-refractivity contribution in [2.24, 2.45) is 0 Å². The summed E-state index contributed by atoms with van der Waals surface area (Å²) in [5.74, 6) is 0. The molecule has 2 aromatic rings. The van der Waals surface area contributed by atoms with Crippen molar-refractivity contribution in [2.45, 2.75) is 40.5 Å². The van der Waals surface area contributed by atoms with Crippen LogP contribution in [-0.2, 0) is 12.8 Å². The van der Waals surface area contributed by atoms with Crippen molar-refractivity contribution in [3.63, 3.8) is 0 Å². The number of benzene rings is 1. The number of rotatable bonds is 3. The predicted molar refractivity (Wildman–Crippen MR) is 71.8 cm³/mol. The highest BCUT2D eigenvalue weighted by Gasteiger charge is 2.09. The SMILES string of the molecule is CCc1cc(CC)n(-c2cc(C)ccc2C)n1. The zero-order chi connectivity index (χ0) is 12.4. The van der Waals surface area contributed by atoms with Crippen molar-refractivity contribution in [1.82, 2.24) is 9.78 Å². The summed E-state index contributed by atoms with van der Waals surface area (Å²) in [7, 11) is 0. The first-order valence-corrected chi connectivity index (χ1v) is 6.31. The molecule has 0 aliphatic carbocycles. The molecule has 2 heteroatoms. The Morgan fingerprint density at radius 2 is 1.82 bits per heavy atom. The summed E-state index contributed by atoms with van der Waals surface area (Å²) >= 11 is 0. The van der Waals surface area contributed by atoms with Crippen molar-refractivity contribution >= 4 is 0 Å². The summed E-state index contributed by atoms with van der Waals surface area (Å²) in [6.07, 6.45) is 2.01. The highest BCUT2D eigenvalue weighted by atomic mass is 15.3. The van der Waals surface area contributed by atoms with Gasteiger partial charge in [0.05, 0.1) is 11.4 Å². The number of hydrogen-bond donors (Lipinski definition) is 0. The normalized spacial score (nSPS) is 10.8. The molecule has 17 heavy (non-hydrogen) atoms. The molecular formula is C15H20N2. The molecule has 1 aromatic heterocycles. The molecule has 2 rings (SSSR count). The van der Waals surface area contributed by atoms with Gasteiger partial charge >= 0.3 is 0 Å². The van der Waals surface area contributed by atoms with Crippen LogP contribution < -0.4 is 0 Å². The van der Waals surface area contributed by atoms with E-state index >= 15 is 0 Å². The van der Waals surface area contributed by atoms with E-state index in [0.717, 1.165) is 12.8 Å². The molecule has 0 spiro atoms. The van der Waals surface area contributed by atoms with E-state index in [2.05, 4.69) is 61.7 Å². The van der Waals surface area contributed by atoms with Crippen LogP contribution in [0.4, 0.5) is 0 Å². The van der Waals surface area contributed by atoms with Crippen LogP contribution >= 0.6 is 0 Å². The minimum absolute atomic E-state index is 0.991. The topological polar surface area (TPSA) is 17.8 Å². The van der Waals surface area contributed by atoms with Crippen LogP contribution in [0.3, 0.4) is 0 Å². The lowest BCUT2D eigenvalue weighted by Crippen LogP contribution is -2.04. The fourth-order valence-electron chi connectivity index (χ4n) is 2.06. The Balaban J connectivity index is 2.58. The van der Waals surface area contributed by atoms with E-state index < -0.39 is 0 Å². The number of aryl methyl sites for hydroxylation is 4. The fraction of sp³-hybridized carbons (Fsp3) is 0.400. The summed E-state index contributed by atoms with van der Waals surface area (Å²) < 4.78 is 2.10. The van der Waals surface area contributed by atoms with Gasteiger partial charge in [0.1, 0.15) is 0 Å². The second-order valence-electron chi connectivity index (χ2n) is 4.54. The lowest BCUT2D eigenvalue weighted by molar-refractivity contribution is 0.788. The molecule has 0 aliphatic heterocycles. The molecule has 1 heterocycles. The summed E-state index contributed by atoms with van der Waals surface area (Å²) in [5, 5.41) is 4.69. The van der Waals surface area contributed by atoms with E-state index in [1.165, 1.54) is 28.2 Å². The van der Waals surface area contributed by atoms with Crippen molar-refractivity contribution in [1.29, 1.82) is 0 Å². The molecule has 0 saturated carbocycles. The zero-order valence-corrected chi connectivity index (χ0v) is 11.1. The molecule has 0 aliphatic rings. The molecule has 0 amide bonds. The third-order valence-electron chi connectivity index (χ3n) is 3.15. The second-order valence-corrected chi connectivity index (χ2v) is 4.54. The molecule has 0 bridgehead atoms. The van der Waals surface area contributed by atoms with Gasteiger partial charge in [0.2, 0.25) is 0 Å². The van der Waals surface area contributed by atoms with E-state index in [0.29, 0.717) is 0 Å². The van der Waals surface area contributed by atoms with Crippen LogP contribution in [0, 0.1) is 13.8 Å². The Morgan fingerprint density at radius 3 is 2.47 bits per heavy atom. The smallest absolute Gasteiger partial charge is 0.0680 e. The Hall–Kier alpha value is -1.57. The average molecular weight is 228 g/mol. The van der Waals surface area contributed by atoms with Gasteiger partial charge in [0, 0.05) is 5.69 Å². The monoisotopic (exact) mass is 228 g/mol. The van der Waals surface area contributed by atoms with Crippen LogP contribution in [-0.4, -0.2) is 9.78 Å². The largest absolute Gasteiger partial charge is 0.237 e. The summed E-state index contributed by atoms with van der Waals surface area (Å²) in [5.41, 5.74) is 6.22. The predicted octanol–water partition coefficient (Wildman–Crippen LogP) is 3.61. The quantitative estimate of drug-likeness (QED) is 0.784. The van der Waals surface area contributed by atoms with Gasteiger partial charge in [-0.1, -0.05) is 26.0 Å². The third-order valence-corrected chi connectivity index (χ3v) is 3.15. The molecule has 0 atom stereocenters. The third kappa shape index (κ3) is 2.26. The number of nitrogens with zero attached hydrogens (tertiary/aromatic N) is 2. The molecule has 1 aromatic carbocycles. The van der Waals surface area contributed by atoms with Crippen molar-refractivity contribution in [3.05, 3.63) is 46.8 Å². The maximum absolute atomic E-state index is 4.69. The number of aromatic nitrogens is 2. The van der Waals surface area contributed by atoms with Crippen LogP contribution in [0.2, 0.25) is 0 Å². The lowest BCUT2D eigenvalue weighted by atomic mass is 10.1. The first kappa shape index (κ1) is 11.9. The van der Waals surface area contributed by atoms with E-state index in [4.69, 9.17) is 0 Å². The lowest BCUT2D eigenvalue weighted by Gasteiger charge is -2.10. The van der Waals surface area contributed by atoms with Gasteiger partial charge in [-0.3, -0.25) is 0 Å². The number of hydrogen-bond acceptors (Lipinski definition) is 1. The standard InChI is InChI=1S/C15H20N2/c1-5-13-10-14(6-2)17(16-13)15-9-11(3)7-8-12(15)4/h7-10H,5-6H2,1-4H3. The highest BCUT2D eigenvalue weighted by Crippen LogP contribution is 2.19. The van der Waals surface area contributed by atoms with Gasteiger partial charge < -0.3 is 0 Å². The minimum atomic E-state index is 0.991. The van der Waals surface area contributed by atoms with Crippen molar-refractivity contribution in [2.75, 3.05) is 0 Å². The Bertz CT molecular complexity index is 524. The van der Waals surface area contributed by atoms with E-state index in [9.17, 15) is 0 Å². The molecule has 2 nitrogen and oxygen atoms in total. The summed E-state index contributed by atoms with van der Waals surface area (Å²) in [6, 6.07) is 8.73. The van der Waals surface area contributed by atoms with E-state index in [1.54, 1.807) is 0 Å². The molecule has 0 unspecified atom stereocenters. The average Bonchev–Trinajstić information content (AvgIpc) is 2.75.